The number of hydrogen-bond acceptors (Lipinski definition) is 4. The standard InChI is InChI=1S/C18H17N3O2/c1-13-7-5-6-10-15(13)17-20-16(23-21-17)11-12-19-18(22)14-8-3-2-4-9-14/h2-10H,11-12H2,1H3,(H,19,22). The Morgan fingerprint density at radius 2 is 1.83 bits per heavy atom. The predicted octanol–water partition coefficient (Wildman–Crippen LogP) is 3.02. The van der Waals surface area contributed by atoms with E-state index in [4.69, 9.17) is 4.52 Å². The van der Waals surface area contributed by atoms with Crippen molar-refractivity contribution >= 4 is 5.91 Å². The number of aryl methyl sites for hydroxylation is 1. The number of carbonyl (C=O) groups is 1. The minimum atomic E-state index is -0.107. The first-order chi connectivity index (χ1) is 11.2. The monoisotopic (exact) mass is 307 g/mol. The van der Waals surface area contributed by atoms with Gasteiger partial charge in [-0.1, -0.05) is 47.6 Å². The highest BCUT2D eigenvalue weighted by molar-refractivity contribution is 5.94. The van der Waals surface area contributed by atoms with E-state index in [-0.39, 0.29) is 5.91 Å². The molecule has 2 aromatic carbocycles. The van der Waals surface area contributed by atoms with Crippen LogP contribution in [0, 0.1) is 6.92 Å². The summed E-state index contributed by atoms with van der Waals surface area (Å²) in [5, 5.41) is 6.85. The molecule has 5 heteroatoms. The maximum atomic E-state index is 11.9. The number of nitrogens with zero attached hydrogens (tertiary/aromatic N) is 2. The molecule has 1 heterocycles. The van der Waals surface area contributed by atoms with Crippen LogP contribution in [0.4, 0.5) is 0 Å². The summed E-state index contributed by atoms with van der Waals surface area (Å²) in [5.74, 6) is 0.980. The molecule has 0 unspecified atom stereocenters. The number of aromatic nitrogens is 2. The van der Waals surface area contributed by atoms with Gasteiger partial charge >= 0.3 is 0 Å². The molecular weight excluding hydrogens is 290 g/mol. The molecule has 0 aliphatic carbocycles. The van der Waals surface area contributed by atoms with Gasteiger partial charge in [-0.25, -0.2) is 0 Å². The van der Waals surface area contributed by atoms with Gasteiger partial charge in [-0.2, -0.15) is 4.98 Å². The van der Waals surface area contributed by atoms with Crippen molar-refractivity contribution in [2.45, 2.75) is 13.3 Å². The van der Waals surface area contributed by atoms with E-state index in [1.54, 1.807) is 12.1 Å². The molecule has 0 aliphatic rings. The van der Waals surface area contributed by atoms with Crippen molar-refractivity contribution in [1.82, 2.24) is 15.5 Å². The van der Waals surface area contributed by atoms with Crippen molar-refractivity contribution in [3.8, 4) is 11.4 Å². The quantitative estimate of drug-likeness (QED) is 0.786. The predicted molar refractivity (Wildman–Crippen MR) is 87.0 cm³/mol. The first-order valence-electron chi connectivity index (χ1n) is 7.46. The van der Waals surface area contributed by atoms with Crippen molar-refractivity contribution in [1.29, 1.82) is 0 Å². The average Bonchev–Trinajstić information content (AvgIpc) is 3.04. The molecule has 0 fully saturated rings. The molecule has 23 heavy (non-hydrogen) atoms. The Morgan fingerprint density at radius 3 is 2.61 bits per heavy atom. The minimum Gasteiger partial charge on any atom is -0.352 e. The molecule has 0 bridgehead atoms. The Morgan fingerprint density at radius 1 is 1.09 bits per heavy atom. The zero-order chi connectivity index (χ0) is 16.1. The summed E-state index contributed by atoms with van der Waals surface area (Å²) >= 11 is 0. The second-order valence-electron chi connectivity index (χ2n) is 5.20. The van der Waals surface area contributed by atoms with Gasteiger partial charge < -0.3 is 9.84 Å². The maximum Gasteiger partial charge on any atom is 0.251 e. The van der Waals surface area contributed by atoms with E-state index in [0.29, 0.717) is 30.2 Å². The van der Waals surface area contributed by atoms with Crippen LogP contribution in [0.25, 0.3) is 11.4 Å². The Kier molecular flexibility index (Phi) is 4.47. The van der Waals surface area contributed by atoms with Crippen molar-refractivity contribution < 1.29 is 9.32 Å². The van der Waals surface area contributed by atoms with Crippen LogP contribution in [0.15, 0.2) is 59.1 Å². The molecular formula is C18H17N3O2. The Labute approximate surface area is 134 Å². The van der Waals surface area contributed by atoms with E-state index in [9.17, 15) is 4.79 Å². The lowest BCUT2D eigenvalue weighted by molar-refractivity contribution is 0.0953. The fourth-order valence-electron chi connectivity index (χ4n) is 2.26. The molecule has 0 atom stereocenters. The highest BCUT2D eigenvalue weighted by Crippen LogP contribution is 2.19. The topological polar surface area (TPSA) is 68.0 Å². The van der Waals surface area contributed by atoms with Gasteiger partial charge in [0.15, 0.2) is 0 Å². The molecule has 3 aromatic rings. The van der Waals surface area contributed by atoms with Crippen LogP contribution in [0.5, 0.6) is 0 Å². The number of benzene rings is 2. The third-order valence-electron chi connectivity index (χ3n) is 3.51. The van der Waals surface area contributed by atoms with Crippen molar-refractivity contribution in [2.24, 2.45) is 0 Å². The lowest BCUT2D eigenvalue weighted by Gasteiger charge is -2.02. The highest BCUT2D eigenvalue weighted by Gasteiger charge is 2.11. The third-order valence-corrected chi connectivity index (χ3v) is 3.51. The van der Waals surface area contributed by atoms with Crippen molar-refractivity contribution in [2.75, 3.05) is 6.54 Å². The van der Waals surface area contributed by atoms with E-state index < -0.39 is 0 Å². The Hall–Kier alpha value is -2.95. The van der Waals surface area contributed by atoms with Crippen LogP contribution >= 0.6 is 0 Å². The zero-order valence-corrected chi connectivity index (χ0v) is 12.8. The molecule has 5 nitrogen and oxygen atoms in total. The SMILES string of the molecule is Cc1ccccc1-c1noc(CCNC(=O)c2ccccc2)n1. The summed E-state index contributed by atoms with van der Waals surface area (Å²) in [4.78, 5) is 16.3. The first kappa shape index (κ1) is 15.0. The van der Waals surface area contributed by atoms with Crippen LogP contribution < -0.4 is 5.32 Å². The molecule has 0 aliphatic heterocycles. The second kappa shape index (κ2) is 6.87. The van der Waals surface area contributed by atoms with E-state index in [0.717, 1.165) is 11.1 Å². The van der Waals surface area contributed by atoms with E-state index >= 15 is 0 Å². The van der Waals surface area contributed by atoms with E-state index in [2.05, 4.69) is 15.5 Å². The lowest BCUT2D eigenvalue weighted by atomic mass is 10.1. The van der Waals surface area contributed by atoms with E-state index in [1.807, 2.05) is 49.4 Å². The maximum absolute atomic E-state index is 11.9. The zero-order valence-electron chi connectivity index (χ0n) is 12.8. The minimum absolute atomic E-state index is 0.107. The summed E-state index contributed by atoms with van der Waals surface area (Å²) in [6.45, 7) is 2.45. The number of hydrogen-bond donors (Lipinski definition) is 1. The largest absolute Gasteiger partial charge is 0.352 e. The third kappa shape index (κ3) is 3.63. The molecule has 1 N–H and O–H groups in total. The fraction of sp³-hybridized carbons (Fsp3) is 0.167. The second-order valence-corrected chi connectivity index (χ2v) is 5.20. The summed E-state index contributed by atoms with van der Waals surface area (Å²) in [7, 11) is 0. The molecule has 0 spiro atoms. The van der Waals surface area contributed by atoms with Gasteiger partial charge in [0.05, 0.1) is 0 Å². The normalized spacial score (nSPS) is 10.5. The van der Waals surface area contributed by atoms with Crippen molar-refractivity contribution in [3.63, 3.8) is 0 Å². The molecule has 116 valence electrons. The highest BCUT2D eigenvalue weighted by atomic mass is 16.5. The summed E-state index contributed by atoms with van der Waals surface area (Å²) in [5.41, 5.74) is 2.69. The summed E-state index contributed by atoms with van der Waals surface area (Å²) < 4.78 is 5.25. The van der Waals surface area contributed by atoms with E-state index in [1.165, 1.54) is 0 Å². The van der Waals surface area contributed by atoms with Gasteiger partial charge in [0.1, 0.15) is 0 Å². The Balaban J connectivity index is 1.58. The van der Waals surface area contributed by atoms with Gasteiger partial charge in [-0.15, -0.1) is 0 Å². The van der Waals surface area contributed by atoms with Crippen molar-refractivity contribution in [3.05, 3.63) is 71.6 Å². The smallest absolute Gasteiger partial charge is 0.251 e. The molecule has 0 radical (unpaired) electrons. The summed E-state index contributed by atoms with van der Waals surface area (Å²) in [6, 6.07) is 17.0. The average molecular weight is 307 g/mol. The van der Waals surface area contributed by atoms with Gasteiger partial charge in [0.2, 0.25) is 11.7 Å². The molecule has 0 saturated carbocycles. The lowest BCUT2D eigenvalue weighted by Crippen LogP contribution is -2.25. The summed E-state index contributed by atoms with van der Waals surface area (Å²) in [6.07, 6.45) is 0.497. The molecule has 1 amide bonds. The van der Waals surface area contributed by atoms with Gasteiger partial charge in [0, 0.05) is 24.1 Å². The van der Waals surface area contributed by atoms with Crippen LogP contribution in [0.2, 0.25) is 0 Å². The van der Waals surface area contributed by atoms with Crippen LogP contribution in [0.3, 0.4) is 0 Å². The first-order valence-corrected chi connectivity index (χ1v) is 7.46. The molecule has 3 rings (SSSR count). The Bertz CT molecular complexity index is 797. The van der Waals surface area contributed by atoms with Gasteiger partial charge in [0.25, 0.3) is 5.91 Å². The molecule has 0 saturated heterocycles. The number of carbonyl (C=O) groups excluding carboxylic acids is 1. The van der Waals surface area contributed by atoms with Crippen LogP contribution in [-0.4, -0.2) is 22.6 Å². The van der Waals surface area contributed by atoms with Gasteiger partial charge in [-0.05, 0) is 24.6 Å². The number of rotatable bonds is 5. The van der Waals surface area contributed by atoms with Crippen LogP contribution in [0.1, 0.15) is 21.8 Å². The number of nitrogens with one attached hydrogen (secondary N) is 1. The van der Waals surface area contributed by atoms with Gasteiger partial charge in [-0.3, -0.25) is 4.79 Å². The molecule has 1 aromatic heterocycles. The number of amides is 1. The fourth-order valence-corrected chi connectivity index (χ4v) is 2.26. The van der Waals surface area contributed by atoms with Crippen LogP contribution in [-0.2, 0) is 6.42 Å².